The summed E-state index contributed by atoms with van der Waals surface area (Å²) in [6.45, 7) is 2.17. The van der Waals surface area contributed by atoms with Crippen molar-refractivity contribution >= 4 is 23.7 Å². The summed E-state index contributed by atoms with van der Waals surface area (Å²) >= 11 is 0.570. The molecule has 1 N–H and O–H groups in total. The standard InChI is InChI=1S/C18H20O5S/c1-18-9-8-14-13-5-3-12(21-24-23-22-20)10-11(13)2-4-15(14)16(18)6-7-17(18)19/h3,5,10,16,20H,2,4,6-9H2,1H3. The average Bonchev–Trinajstić information content (AvgIpc) is 2.90. The maximum absolute atomic E-state index is 12.3. The zero-order chi connectivity index (χ0) is 16.7. The van der Waals surface area contributed by atoms with Crippen molar-refractivity contribution in [3.63, 3.8) is 0 Å². The molecule has 6 heteroatoms. The predicted molar refractivity (Wildman–Crippen MR) is 89.8 cm³/mol. The van der Waals surface area contributed by atoms with Crippen molar-refractivity contribution in [2.75, 3.05) is 0 Å². The Bertz CT molecular complexity index is 713. The van der Waals surface area contributed by atoms with Crippen LogP contribution in [0, 0.1) is 11.3 Å². The Hall–Kier alpha value is -1.34. The Labute approximate surface area is 145 Å². The van der Waals surface area contributed by atoms with Gasteiger partial charge in [-0.25, -0.2) is 5.26 Å². The highest BCUT2D eigenvalue weighted by atomic mass is 32.2. The molecule has 4 rings (SSSR count). The highest BCUT2D eigenvalue weighted by molar-refractivity contribution is 7.90. The van der Waals surface area contributed by atoms with Crippen LogP contribution in [0.2, 0.25) is 0 Å². The number of allylic oxidation sites excluding steroid dienone is 2. The summed E-state index contributed by atoms with van der Waals surface area (Å²) in [4.78, 5) is 12.3. The summed E-state index contributed by atoms with van der Waals surface area (Å²) in [5.74, 6) is 1.55. The van der Waals surface area contributed by atoms with E-state index in [2.05, 4.69) is 22.4 Å². The van der Waals surface area contributed by atoms with E-state index in [1.807, 2.05) is 12.1 Å². The minimum atomic E-state index is -0.127. The monoisotopic (exact) mass is 348 g/mol. The molecule has 2 atom stereocenters. The van der Waals surface area contributed by atoms with E-state index in [4.69, 9.17) is 9.44 Å². The molecule has 0 bridgehead atoms. The van der Waals surface area contributed by atoms with Gasteiger partial charge in [0, 0.05) is 11.8 Å². The summed E-state index contributed by atoms with van der Waals surface area (Å²) in [5.41, 5.74) is 5.40. The Kier molecular flexibility index (Phi) is 4.16. The second-order valence-corrected chi connectivity index (χ2v) is 7.49. The molecule has 1 aromatic rings. The average molecular weight is 348 g/mol. The largest absolute Gasteiger partial charge is 0.399 e. The van der Waals surface area contributed by atoms with Gasteiger partial charge in [-0.3, -0.25) is 4.79 Å². The van der Waals surface area contributed by atoms with Crippen LogP contribution < -0.4 is 4.18 Å². The number of carbonyl (C=O) groups is 1. The first-order valence-corrected chi connectivity index (χ1v) is 9.00. The SMILES string of the molecule is CC12CCC3=C(CCc4cc(OSOOO)ccc43)C1CCC2=O. The van der Waals surface area contributed by atoms with E-state index < -0.39 is 0 Å². The number of hydrogen-bond donors (Lipinski definition) is 1. The van der Waals surface area contributed by atoms with Gasteiger partial charge in [-0.1, -0.05) is 27.9 Å². The molecule has 2 unspecified atom stereocenters. The lowest BCUT2D eigenvalue weighted by Crippen LogP contribution is -2.34. The van der Waals surface area contributed by atoms with Crippen LogP contribution in [0.5, 0.6) is 5.75 Å². The lowest BCUT2D eigenvalue weighted by molar-refractivity contribution is -0.433. The van der Waals surface area contributed by atoms with Crippen molar-refractivity contribution < 1.29 is 23.6 Å². The van der Waals surface area contributed by atoms with Crippen molar-refractivity contribution in [2.24, 2.45) is 11.3 Å². The third-order valence-corrected chi connectivity index (χ3v) is 6.40. The molecule has 3 aliphatic carbocycles. The fourth-order valence-corrected chi connectivity index (χ4v) is 5.03. The summed E-state index contributed by atoms with van der Waals surface area (Å²) < 4.78 is 9.54. The number of hydrogen-bond acceptors (Lipinski definition) is 6. The Morgan fingerprint density at radius 1 is 1.25 bits per heavy atom. The van der Waals surface area contributed by atoms with Crippen LogP contribution in [0.1, 0.15) is 50.2 Å². The molecule has 5 nitrogen and oxygen atoms in total. The molecule has 3 aliphatic rings. The smallest absolute Gasteiger partial charge is 0.261 e. The van der Waals surface area contributed by atoms with E-state index in [0.29, 0.717) is 29.8 Å². The van der Waals surface area contributed by atoms with Crippen molar-refractivity contribution in [2.45, 2.75) is 45.4 Å². The third-order valence-electron chi connectivity index (χ3n) is 6.02. The summed E-state index contributed by atoms with van der Waals surface area (Å²) in [7, 11) is 0. The summed E-state index contributed by atoms with van der Waals surface area (Å²) in [6, 6.07) is 6.01. The number of aryl methyl sites for hydroxylation is 1. The maximum atomic E-state index is 12.3. The lowest BCUT2D eigenvalue weighted by Gasteiger charge is -2.40. The van der Waals surface area contributed by atoms with Gasteiger partial charge in [0.05, 0.1) is 0 Å². The second kappa shape index (κ2) is 6.19. The molecule has 0 heterocycles. The Balaban J connectivity index is 1.64. The van der Waals surface area contributed by atoms with Crippen molar-refractivity contribution in [1.82, 2.24) is 0 Å². The first-order valence-electron chi connectivity index (χ1n) is 8.33. The van der Waals surface area contributed by atoms with E-state index in [9.17, 15) is 4.79 Å². The molecular formula is C18H20O5S. The van der Waals surface area contributed by atoms with Crippen molar-refractivity contribution in [1.29, 1.82) is 0 Å². The molecule has 0 spiro atoms. The van der Waals surface area contributed by atoms with E-state index in [1.54, 1.807) is 0 Å². The normalized spacial score (nSPS) is 28.4. The Morgan fingerprint density at radius 2 is 2.12 bits per heavy atom. The molecule has 0 radical (unpaired) electrons. The Morgan fingerprint density at radius 3 is 2.96 bits per heavy atom. The van der Waals surface area contributed by atoms with E-state index in [1.165, 1.54) is 22.3 Å². The van der Waals surface area contributed by atoms with Gasteiger partial charge in [0.25, 0.3) is 12.3 Å². The zero-order valence-electron chi connectivity index (χ0n) is 13.5. The summed E-state index contributed by atoms with van der Waals surface area (Å²) in [5, 5.41) is 11.6. The molecule has 0 aromatic heterocycles. The molecule has 1 fully saturated rings. The molecule has 0 saturated heterocycles. The number of fused-ring (bicyclic) bond motifs is 4. The topological polar surface area (TPSA) is 65.0 Å². The maximum Gasteiger partial charge on any atom is 0.261 e. The van der Waals surface area contributed by atoms with E-state index >= 15 is 0 Å². The molecule has 1 aromatic carbocycles. The van der Waals surface area contributed by atoms with Crippen LogP contribution in [0.3, 0.4) is 0 Å². The zero-order valence-corrected chi connectivity index (χ0v) is 14.4. The van der Waals surface area contributed by atoms with Gasteiger partial charge in [0.1, 0.15) is 11.5 Å². The van der Waals surface area contributed by atoms with Gasteiger partial charge in [-0.2, -0.15) is 0 Å². The number of ketones is 1. The van der Waals surface area contributed by atoms with Crippen molar-refractivity contribution in [3.05, 3.63) is 34.9 Å². The number of Topliss-reactive ketones (excluding diaryl/α,β-unsaturated/α-hetero) is 1. The third kappa shape index (κ3) is 2.49. The molecule has 1 saturated carbocycles. The van der Waals surface area contributed by atoms with Gasteiger partial charge < -0.3 is 4.18 Å². The van der Waals surface area contributed by atoms with Crippen LogP contribution in [0.15, 0.2) is 23.8 Å². The fraction of sp³-hybridized carbons (Fsp3) is 0.500. The van der Waals surface area contributed by atoms with Crippen molar-refractivity contribution in [3.8, 4) is 5.75 Å². The summed E-state index contributed by atoms with van der Waals surface area (Å²) in [6.07, 6.45) is 5.69. The molecule has 24 heavy (non-hydrogen) atoms. The van der Waals surface area contributed by atoms with Crippen LogP contribution in [0.4, 0.5) is 0 Å². The molecule has 0 amide bonds. The van der Waals surface area contributed by atoms with Crippen LogP contribution in [-0.4, -0.2) is 11.0 Å². The fourth-order valence-electron chi connectivity index (χ4n) is 4.79. The highest BCUT2D eigenvalue weighted by Crippen LogP contribution is 2.56. The van der Waals surface area contributed by atoms with E-state index in [-0.39, 0.29) is 5.41 Å². The number of rotatable bonds is 4. The minimum absolute atomic E-state index is 0.127. The minimum Gasteiger partial charge on any atom is -0.399 e. The highest BCUT2D eigenvalue weighted by Gasteiger charge is 2.50. The van der Waals surface area contributed by atoms with Crippen LogP contribution >= 0.6 is 12.3 Å². The first-order chi connectivity index (χ1) is 11.6. The van der Waals surface area contributed by atoms with E-state index in [0.717, 1.165) is 38.5 Å². The van der Waals surface area contributed by atoms with Gasteiger partial charge in [-0.15, -0.1) is 0 Å². The van der Waals surface area contributed by atoms with Gasteiger partial charge >= 0.3 is 0 Å². The van der Waals surface area contributed by atoms with Gasteiger partial charge in [0.15, 0.2) is 0 Å². The number of carbonyl (C=O) groups excluding carboxylic acids is 1. The first kappa shape index (κ1) is 16.1. The van der Waals surface area contributed by atoms with Crippen LogP contribution in [0.25, 0.3) is 5.57 Å². The second-order valence-electron chi connectivity index (χ2n) is 7.05. The molecular weight excluding hydrogens is 328 g/mol. The number of benzene rings is 1. The lowest BCUT2D eigenvalue weighted by atomic mass is 9.63. The molecule has 128 valence electrons. The van der Waals surface area contributed by atoms with Crippen LogP contribution in [-0.2, 0) is 20.6 Å². The van der Waals surface area contributed by atoms with Gasteiger partial charge in [-0.05, 0) is 66.9 Å². The van der Waals surface area contributed by atoms with Gasteiger partial charge in [0.2, 0.25) is 0 Å². The quantitative estimate of drug-likeness (QED) is 0.373. The molecule has 0 aliphatic heterocycles. The predicted octanol–water partition coefficient (Wildman–Crippen LogP) is 4.53.